The van der Waals surface area contributed by atoms with Gasteiger partial charge in [-0.2, -0.15) is 13.2 Å². The van der Waals surface area contributed by atoms with E-state index in [4.69, 9.17) is 0 Å². The second kappa shape index (κ2) is 12.7. The lowest BCUT2D eigenvalue weighted by atomic mass is 9.89. The maximum atomic E-state index is 13.5. The molecule has 0 spiro atoms. The summed E-state index contributed by atoms with van der Waals surface area (Å²) >= 11 is -1.47. The fourth-order valence-electron chi connectivity index (χ4n) is 3.98. The van der Waals surface area contributed by atoms with Gasteiger partial charge in [0, 0.05) is 47.4 Å². The molecule has 7 nitrogen and oxygen atoms in total. The van der Waals surface area contributed by atoms with Crippen molar-refractivity contribution in [2.75, 3.05) is 5.75 Å². The van der Waals surface area contributed by atoms with E-state index in [0.717, 1.165) is 30.7 Å². The lowest BCUT2D eigenvalue weighted by Crippen LogP contribution is -2.31. The van der Waals surface area contributed by atoms with Crippen LogP contribution in [0.1, 0.15) is 59.8 Å². The third-order valence-electron chi connectivity index (χ3n) is 6.15. The van der Waals surface area contributed by atoms with Crippen LogP contribution in [-0.4, -0.2) is 34.6 Å². The van der Waals surface area contributed by atoms with Crippen LogP contribution in [0.15, 0.2) is 59.5 Å². The molecule has 1 heterocycles. The molecule has 0 aliphatic rings. The first-order chi connectivity index (χ1) is 18.6. The normalized spacial score (nSPS) is 13.7. The molecular weight excluding hydrogens is 572 g/mol. The standard InChI is InChI=1S/C27H28F4N2O5S2/c1-4-5-12-39(36)32-17(2)22-14-25(34)33(3)15-24(22)23-13-18(16-40(37,38)27(29,30)31)6-11-21(23)26(35)19-7-9-20(28)10-8-19/h6-11,13-15,17,32H,4-5,12,16H2,1-3H3/t17-,39?/m0/s1. The molecule has 3 aromatic rings. The van der Waals surface area contributed by atoms with E-state index in [1.165, 1.54) is 42.1 Å². The summed E-state index contributed by atoms with van der Waals surface area (Å²) in [5.41, 5.74) is -5.50. The molecule has 1 unspecified atom stereocenters. The van der Waals surface area contributed by atoms with E-state index in [1.807, 2.05) is 6.92 Å². The SMILES string of the molecule is CCCC[S+]([O-])N[C@@H](C)c1cc(=O)n(C)cc1-c1cc(CS(=O)(=O)C(F)(F)F)ccc1C(=O)c1ccc(F)cc1. The Hall–Kier alpha value is -3.00. The van der Waals surface area contributed by atoms with Crippen molar-refractivity contribution >= 4 is 27.0 Å². The third-order valence-corrected chi connectivity index (χ3v) is 8.85. The van der Waals surface area contributed by atoms with Gasteiger partial charge >= 0.3 is 5.51 Å². The molecule has 1 N–H and O–H groups in total. The molecule has 0 bridgehead atoms. The van der Waals surface area contributed by atoms with Crippen molar-refractivity contribution in [2.45, 2.75) is 44.0 Å². The highest BCUT2D eigenvalue weighted by atomic mass is 32.2. The number of carbonyl (C=O) groups excluding carboxylic acids is 1. The molecule has 0 saturated carbocycles. The number of alkyl halides is 3. The smallest absolute Gasteiger partial charge is 0.497 e. The van der Waals surface area contributed by atoms with Crippen molar-refractivity contribution in [3.63, 3.8) is 0 Å². The zero-order valence-electron chi connectivity index (χ0n) is 21.9. The Balaban J connectivity index is 2.23. The number of nitrogens with one attached hydrogen (secondary N) is 1. The number of benzene rings is 2. The Kier molecular flexibility index (Phi) is 9.99. The Bertz CT molecular complexity index is 1540. The van der Waals surface area contributed by atoms with Crippen LogP contribution in [0.3, 0.4) is 0 Å². The monoisotopic (exact) mass is 600 g/mol. The van der Waals surface area contributed by atoms with Crippen molar-refractivity contribution in [1.82, 2.24) is 9.29 Å². The molecule has 0 amide bonds. The first kappa shape index (κ1) is 31.5. The van der Waals surface area contributed by atoms with Gasteiger partial charge in [0.05, 0.1) is 11.8 Å². The highest BCUT2D eigenvalue weighted by Gasteiger charge is 2.45. The molecule has 0 aliphatic carbocycles. The van der Waals surface area contributed by atoms with Crippen LogP contribution in [0.4, 0.5) is 17.6 Å². The first-order valence-corrected chi connectivity index (χ1v) is 15.2. The number of unbranched alkanes of at least 4 members (excludes halogenated alkanes) is 1. The molecule has 40 heavy (non-hydrogen) atoms. The van der Waals surface area contributed by atoms with Crippen molar-refractivity contribution in [3.8, 4) is 11.1 Å². The average Bonchev–Trinajstić information content (AvgIpc) is 2.88. The molecular formula is C27H28F4N2O5S2. The van der Waals surface area contributed by atoms with Gasteiger partial charge in [-0.3, -0.25) is 9.59 Å². The first-order valence-electron chi connectivity index (χ1n) is 12.2. The Morgan fingerprint density at radius 2 is 1.75 bits per heavy atom. The summed E-state index contributed by atoms with van der Waals surface area (Å²) in [6.45, 7) is 3.58. The number of hydrogen-bond donors (Lipinski definition) is 1. The zero-order chi connectivity index (χ0) is 29.8. The number of hydrogen-bond acceptors (Lipinski definition) is 6. The lowest BCUT2D eigenvalue weighted by Gasteiger charge is -2.22. The van der Waals surface area contributed by atoms with Gasteiger partial charge in [-0.05, 0) is 60.4 Å². The minimum Gasteiger partial charge on any atom is -0.598 e. The van der Waals surface area contributed by atoms with Gasteiger partial charge in [0.25, 0.3) is 15.4 Å². The number of rotatable bonds is 11. The summed E-state index contributed by atoms with van der Waals surface area (Å²) in [5, 5.41) is 0. The van der Waals surface area contributed by atoms with Crippen molar-refractivity contribution in [1.29, 1.82) is 0 Å². The van der Waals surface area contributed by atoms with E-state index in [9.17, 15) is 40.1 Å². The minimum atomic E-state index is -5.54. The highest BCUT2D eigenvalue weighted by Crippen LogP contribution is 2.34. The molecule has 2 atom stereocenters. The maximum Gasteiger partial charge on any atom is 0.497 e. The third kappa shape index (κ3) is 7.39. The van der Waals surface area contributed by atoms with Crippen LogP contribution in [0, 0.1) is 5.82 Å². The van der Waals surface area contributed by atoms with Gasteiger partial charge in [0.2, 0.25) is 0 Å². The zero-order valence-corrected chi connectivity index (χ0v) is 23.6. The number of sulfone groups is 1. The average molecular weight is 601 g/mol. The predicted molar refractivity (Wildman–Crippen MR) is 145 cm³/mol. The summed E-state index contributed by atoms with van der Waals surface area (Å²) < 4.78 is 93.3. The Morgan fingerprint density at radius 1 is 1.10 bits per heavy atom. The molecule has 0 radical (unpaired) electrons. The summed E-state index contributed by atoms with van der Waals surface area (Å²) in [5.74, 6) is -2.21. The van der Waals surface area contributed by atoms with Gasteiger partial charge in [-0.1, -0.05) is 25.5 Å². The number of carbonyl (C=O) groups is 1. The molecule has 0 aliphatic heterocycles. The number of aromatic nitrogens is 1. The predicted octanol–water partition coefficient (Wildman–Crippen LogP) is 4.97. The molecule has 1 aromatic heterocycles. The largest absolute Gasteiger partial charge is 0.598 e. The summed E-state index contributed by atoms with van der Waals surface area (Å²) in [6.07, 6.45) is 2.87. The van der Waals surface area contributed by atoms with Crippen LogP contribution >= 0.6 is 0 Å². The molecule has 13 heteroatoms. The molecule has 0 fully saturated rings. The fourth-order valence-corrected chi connectivity index (χ4v) is 5.95. The van der Waals surface area contributed by atoms with E-state index in [0.29, 0.717) is 17.7 Å². The van der Waals surface area contributed by atoms with E-state index < -0.39 is 55.7 Å². The van der Waals surface area contributed by atoms with Crippen molar-refractivity contribution < 1.29 is 35.3 Å². The fraction of sp³-hybridized carbons (Fsp3) is 0.333. The van der Waals surface area contributed by atoms with E-state index in [-0.39, 0.29) is 27.8 Å². The van der Waals surface area contributed by atoms with Crippen LogP contribution < -0.4 is 10.3 Å². The van der Waals surface area contributed by atoms with Crippen molar-refractivity contribution in [2.24, 2.45) is 7.05 Å². The molecule has 3 rings (SSSR count). The topological polar surface area (TPSA) is 108 Å². The summed E-state index contributed by atoms with van der Waals surface area (Å²) in [7, 11) is -4.10. The lowest BCUT2D eigenvalue weighted by molar-refractivity contribution is -0.0437. The van der Waals surface area contributed by atoms with Gasteiger partial charge in [0.1, 0.15) is 11.6 Å². The second-order valence-corrected chi connectivity index (χ2v) is 12.6. The number of pyridine rings is 1. The Morgan fingerprint density at radius 3 is 2.35 bits per heavy atom. The second-order valence-electron chi connectivity index (χ2n) is 9.26. The minimum absolute atomic E-state index is 0.0148. The number of nitrogens with zero attached hydrogens (tertiary/aromatic N) is 1. The van der Waals surface area contributed by atoms with Gasteiger partial charge in [-0.15, -0.1) is 4.72 Å². The number of halogens is 4. The van der Waals surface area contributed by atoms with E-state index >= 15 is 0 Å². The highest BCUT2D eigenvalue weighted by molar-refractivity contribution is 7.91. The Labute approximate surface area is 232 Å². The number of aryl methyl sites for hydroxylation is 1. The van der Waals surface area contributed by atoms with Crippen LogP contribution in [0.5, 0.6) is 0 Å². The van der Waals surface area contributed by atoms with Crippen LogP contribution in [-0.2, 0) is 34.0 Å². The maximum absolute atomic E-state index is 13.5. The quantitative estimate of drug-likeness (QED) is 0.189. The molecule has 0 saturated heterocycles. The van der Waals surface area contributed by atoms with Gasteiger partial charge in [-0.25, -0.2) is 12.8 Å². The van der Waals surface area contributed by atoms with Gasteiger partial charge < -0.3 is 9.12 Å². The van der Waals surface area contributed by atoms with Gasteiger partial charge in [0.15, 0.2) is 5.78 Å². The summed E-state index contributed by atoms with van der Waals surface area (Å²) in [6, 6.07) is 8.66. The van der Waals surface area contributed by atoms with Crippen LogP contribution in [0.2, 0.25) is 0 Å². The van der Waals surface area contributed by atoms with E-state index in [2.05, 4.69) is 4.72 Å². The number of ketones is 1. The van der Waals surface area contributed by atoms with E-state index in [1.54, 1.807) is 6.92 Å². The van der Waals surface area contributed by atoms with Crippen LogP contribution in [0.25, 0.3) is 11.1 Å². The van der Waals surface area contributed by atoms with Crippen molar-refractivity contribution in [3.05, 3.63) is 93.2 Å². The summed E-state index contributed by atoms with van der Waals surface area (Å²) in [4.78, 5) is 26.1. The molecule has 216 valence electrons. The molecule has 2 aromatic carbocycles.